The normalized spacial score (nSPS) is 10.3. The van der Waals surface area contributed by atoms with Gasteiger partial charge in [-0.25, -0.2) is 9.67 Å². The van der Waals surface area contributed by atoms with Gasteiger partial charge in [0.2, 0.25) is 5.82 Å². The molecule has 8 heteroatoms. The quantitative estimate of drug-likeness (QED) is 0.605. The molecule has 0 saturated carbocycles. The molecule has 0 unspecified atom stereocenters. The van der Waals surface area contributed by atoms with E-state index in [1.54, 1.807) is 38.3 Å². The molecule has 1 aromatic heterocycles. The number of aromatic nitrogens is 3. The Hall–Kier alpha value is -3.50. The van der Waals surface area contributed by atoms with Crippen LogP contribution in [-0.4, -0.2) is 34.4 Å². The van der Waals surface area contributed by atoms with Crippen LogP contribution in [-0.2, 0) is 6.54 Å². The van der Waals surface area contributed by atoms with Crippen molar-refractivity contribution in [2.75, 3.05) is 13.7 Å². The Kier molecular flexibility index (Phi) is 6.37. The molecule has 1 N–H and O–H groups in total. The van der Waals surface area contributed by atoms with Crippen LogP contribution in [0.2, 0.25) is 5.02 Å². The Bertz CT molecular complexity index is 1070. The van der Waals surface area contributed by atoms with Gasteiger partial charge in [0.1, 0.15) is 12.4 Å². The number of rotatable bonds is 7. The molecule has 0 saturated heterocycles. The second-order valence-electron chi connectivity index (χ2n) is 6.01. The fourth-order valence-electron chi connectivity index (χ4n) is 2.66. The first-order valence-electron chi connectivity index (χ1n) is 8.73. The molecule has 29 heavy (non-hydrogen) atoms. The molecule has 0 spiro atoms. The van der Waals surface area contributed by atoms with E-state index in [-0.39, 0.29) is 19.0 Å². The smallest absolute Gasteiger partial charge is 0.291 e. The second kappa shape index (κ2) is 9.13. The SMILES string of the molecule is C#CCOc1cc(CNC(=O)c2nc(C)n(-c3ccccc3Cl)n2)ccc1OC. The van der Waals surface area contributed by atoms with Gasteiger partial charge in [0.25, 0.3) is 5.91 Å². The number of amides is 1. The average Bonchev–Trinajstić information content (AvgIpc) is 3.12. The number of carbonyl (C=O) groups excluding carboxylic acids is 1. The van der Waals surface area contributed by atoms with E-state index in [0.717, 1.165) is 5.56 Å². The van der Waals surface area contributed by atoms with Crippen LogP contribution in [0.4, 0.5) is 0 Å². The lowest BCUT2D eigenvalue weighted by Gasteiger charge is -2.11. The van der Waals surface area contributed by atoms with Crippen molar-refractivity contribution < 1.29 is 14.3 Å². The van der Waals surface area contributed by atoms with E-state index < -0.39 is 5.91 Å². The van der Waals surface area contributed by atoms with Gasteiger partial charge in [0, 0.05) is 6.54 Å². The Morgan fingerprint density at radius 3 is 2.79 bits per heavy atom. The van der Waals surface area contributed by atoms with Crippen LogP contribution < -0.4 is 14.8 Å². The maximum atomic E-state index is 12.5. The standard InChI is InChI=1S/C21H19ClN4O3/c1-4-11-29-19-12-15(9-10-18(19)28-3)13-23-21(27)20-24-14(2)26(25-20)17-8-6-5-7-16(17)22/h1,5-10,12H,11,13H2,2-3H3,(H,23,27). The summed E-state index contributed by atoms with van der Waals surface area (Å²) in [6, 6.07) is 12.6. The Morgan fingerprint density at radius 2 is 2.07 bits per heavy atom. The van der Waals surface area contributed by atoms with Gasteiger partial charge < -0.3 is 14.8 Å². The van der Waals surface area contributed by atoms with Crippen LogP contribution >= 0.6 is 11.6 Å². The molecule has 0 aliphatic rings. The molecule has 3 aromatic rings. The van der Waals surface area contributed by atoms with Crippen LogP contribution in [0.25, 0.3) is 5.69 Å². The lowest BCUT2D eigenvalue weighted by atomic mass is 10.2. The largest absolute Gasteiger partial charge is 0.493 e. The highest BCUT2D eigenvalue weighted by Gasteiger charge is 2.16. The third-order valence-electron chi connectivity index (χ3n) is 4.04. The number of aryl methyl sites for hydroxylation is 1. The molecule has 0 aliphatic heterocycles. The minimum absolute atomic E-state index is 0.0553. The monoisotopic (exact) mass is 410 g/mol. The number of nitrogens with zero attached hydrogens (tertiary/aromatic N) is 3. The van der Waals surface area contributed by atoms with Crippen LogP contribution in [0.5, 0.6) is 11.5 Å². The third-order valence-corrected chi connectivity index (χ3v) is 4.36. The summed E-state index contributed by atoms with van der Waals surface area (Å²) in [5, 5.41) is 7.60. The molecule has 0 radical (unpaired) electrons. The summed E-state index contributed by atoms with van der Waals surface area (Å²) < 4.78 is 12.3. The van der Waals surface area contributed by atoms with Gasteiger partial charge >= 0.3 is 0 Å². The van der Waals surface area contributed by atoms with Crippen molar-refractivity contribution in [1.29, 1.82) is 0 Å². The summed E-state index contributed by atoms with van der Waals surface area (Å²) in [6.07, 6.45) is 5.24. The van der Waals surface area contributed by atoms with E-state index in [1.165, 1.54) is 4.68 Å². The number of nitrogens with one attached hydrogen (secondary N) is 1. The molecule has 1 amide bonds. The molecular weight excluding hydrogens is 392 g/mol. The first kappa shape index (κ1) is 20.2. The van der Waals surface area contributed by atoms with Gasteiger partial charge in [-0.05, 0) is 36.8 Å². The van der Waals surface area contributed by atoms with Crippen LogP contribution in [0.1, 0.15) is 22.0 Å². The predicted molar refractivity (Wildman–Crippen MR) is 110 cm³/mol. The van der Waals surface area contributed by atoms with Crippen molar-refractivity contribution in [1.82, 2.24) is 20.1 Å². The van der Waals surface area contributed by atoms with Gasteiger partial charge in [0.15, 0.2) is 11.5 Å². The van der Waals surface area contributed by atoms with E-state index in [2.05, 4.69) is 21.3 Å². The van der Waals surface area contributed by atoms with E-state index >= 15 is 0 Å². The van der Waals surface area contributed by atoms with Gasteiger partial charge in [-0.2, -0.15) is 0 Å². The third kappa shape index (κ3) is 4.68. The molecule has 0 atom stereocenters. The summed E-state index contributed by atoms with van der Waals surface area (Å²) in [6.45, 7) is 2.13. The van der Waals surface area contributed by atoms with E-state index in [9.17, 15) is 4.79 Å². The van der Waals surface area contributed by atoms with Crippen molar-refractivity contribution in [2.24, 2.45) is 0 Å². The molecule has 0 fully saturated rings. The molecule has 0 bridgehead atoms. The van der Waals surface area contributed by atoms with Crippen molar-refractivity contribution in [2.45, 2.75) is 13.5 Å². The van der Waals surface area contributed by atoms with E-state index in [1.807, 2.05) is 18.2 Å². The number of ether oxygens (including phenoxy) is 2. The fourth-order valence-corrected chi connectivity index (χ4v) is 2.88. The van der Waals surface area contributed by atoms with Crippen molar-refractivity contribution in [3.63, 3.8) is 0 Å². The zero-order valence-electron chi connectivity index (χ0n) is 16.0. The second-order valence-corrected chi connectivity index (χ2v) is 6.41. The predicted octanol–water partition coefficient (Wildman–Crippen LogP) is 3.18. The summed E-state index contributed by atoms with van der Waals surface area (Å²) in [5.74, 6) is 3.68. The molecular formula is C21H19ClN4O3. The minimum atomic E-state index is -0.402. The van der Waals surface area contributed by atoms with Crippen molar-refractivity contribution in [3.8, 4) is 29.5 Å². The van der Waals surface area contributed by atoms with Crippen LogP contribution in [0.15, 0.2) is 42.5 Å². The first-order chi connectivity index (χ1) is 14.0. The number of halogens is 1. The molecule has 7 nitrogen and oxygen atoms in total. The summed E-state index contributed by atoms with van der Waals surface area (Å²) >= 11 is 6.21. The van der Waals surface area contributed by atoms with Gasteiger partial charge in [-0.3, -0.25) is 4.79 Å². The molecule has 1 heterocycles. The van der Waals surface area contributed by atoms with Crippen molar-refractivity contribution in [3.05, 3.63) is 64.7 Å². The van der Waals surface area contributed by atoms with Gasteiger partial charge in [0.05, 0.1) is 17.8 Å². The highest BCUT2D eigenvalue weighted by molar-refractivity contribution is 6.32. The van der Waals surface area contributed by atoms with E-state index in [0.29, 0.717) is 28.0 Å². The first-order valence-corrected chi connectivity index (χ1v) is 9.11. The molecule has 0 aliphatic carbocycles. The zero-order valence-corrected chi connectivity index (χ0v) is 16.7. The number of methoxy groups -OCH3 is 1. The summed E-state index contributed by atoms with van der Waals surface area (Å²) in [5.41, 5.74) is 1.47. The number of para-hydroxylation sites is 1. The fraction of sp³-hybridized carbons (Fsp3) is 0.190. The lowest BCUT2D eigenvalue weighted by Crippen LogP contribution is -2.24. The molecule has 148 valence electrons. The highest BCUT2D eigenvalue weighted by Crippen LogP contribution is 2.28. The summed E-state index contributed by atoms with van der Waals surface area (Å²) in [4.78, 5) is 16.8. The van der Waals surface area contributed by atoms with Crippen LogP contribution in [0.3, 0.4) is 0 Å². The van der Waals surface area contributed by atoms with E-state index in [4.69, 9.17) is 27.5 Å². The van der Waals surface area contributed by atoms with Crippen LogP contribution in [0, 0.1) is 19.3 Å². The topological polar surface area (TPSA) is 78.3 Å². The number of terminal acetylenes is 1. The van der Waals surface area contributed by atoms with Gasteiger partial charge in [-0.15, -0.1) is 11.5 Å². The maximum Gasteiger partial charge on any atom is 0.291 e. The Morgan fingerprint density at radius 1 is 1.28 bits per heavy atom. The molecule has 2 aromatic carbocycles. The summed E-state index contributed by atoms with van der Waals surface area (Å²) in [7, 11) is 1.54. The van der Waals surface area contributed by atoms with Gasteiger partial charge in [-0.1, -0.05) is 35.7 Å². The number of hydrogen-bond acceptors (Lipinski definition) is 5. The number of carbonyl (C=O) groups is 1. The average molecular weight is 411 g/mol. The Balaban J connectivity index is 1.73. The maximum absolute atomic E-state index is 12.5. The lowest BCUT2D eigenvalue weighted by molar-refractivity contribution is 0.0940. The number of benzene rings is 2. The minimum Gasteiger partial charge on any atom is -0.493 e. The Labute approximate surface area is 173 Å². The highest BCUT2D eigenvalue weighted by atomic mass is 35.5. The zero-order chi connectivity index (χ0) is 20.8. The number of hydrogen-bond donors (Lipinski definition) is 1. The molecule has 3 rings (SSSR count). The van der Waals surface area contributed by atoms with Crippen molar-refractivity contribution >= 4 is 17.5 Å².